The third-order valence-corrected chi connectivity index (χ3v) is 12.9. The average Bonchev–Trinajstić information content (AvgIpc) is 3.60. The molecule has 0 radical (unpaired) electrons. The normalized spacial score (nSPS) is 13.0. The molecule has 0 aliphatic carbocycles. The molecule has 0 atom stereocenters. The number of hydrogen-bond donors (Lipinski definition) is 1. The minimum atomic E-state index is -0.368. The summed E-state index contributed by atoms with van der Waals surface area (Å²) < 4.78 is 0. The van der Waals surface area contributed by atoms with E-state index in [1.807, 2.05) is 12.3 Å². The highest BCUT2D eigenvalue weighted by Crippen LogP contribution is 2.43. The number of pyridine rings is 2. The topological polar surface area (TPSA) is 41.6 Å². The summed E-state index contributed by atoms with van der Waals surface area (Å²) >= 11 is 0. The van der Waals surface area contributed by atoms with E-state index in [0.29, 0.717) is 0 Å². The van der Waals surface area contributed by atoms with Gasteiger partial charge in [-0.15, -0.1) is 0 Å². The Morgan fingerprint density at radius 3 is 1.53 bits per heavy atom. The molecule has 0 unspecified atom stereocenters. The lowest BCUT2D eigenvalue weighted by Crippen LogP contribution is -2.20. The summed E-state index contributed by atoms with van der Waals surface area (Å²) in [4.78, 5) is 14.5. The smallest absolute Gasteiger partial charge is 0.0736 e. The van der Waals surface area contributed by atoms with Crippen LogP contribution in [-0.2, 0) is 27.1 Å². The highest BCUT2D eigenvalue weighted by molar-refractivity contribution is 6.12. The Morgan fingerprint density at radius 1 is 0.387 bits per heavy atom. The fraction of sp³-hybridized carbons (Fsp3) is 0.322. The van der Waals surface area contributed by atoms with Crippen molar-refractivity contribution in [1.29, 1.82) is 0 Å². The maximum Gasteiger partial charge on any atom is 0.0736 e. The Kier molecular flexibility index (Phi) is 10.5. The van der Waals surface area contributed by atoms with Crippen LogP contribution in [0.15, 0.2) is 134 Å². The van der Waals surface area contributed by atoms with E-state index in [4.69, 9.17) is 9.97 Å². The van der Waals surface area contributed by atoms with Crippen LogP contribution in [0, 0.1) is 0 Å². The number of nitrogens with one attached hydrogen (secondary N) is 1. The number of nitrogens with zero attached hydrogens (tertiary/aromatic N) is 2. The predicted molar refractivity (Wildman–Crippen MR) is 267 cm³/mol. The number of rotatable bonds is 6. The molecule has 8 aromatic rings. The van der Waals surface area contributed by atoms with E-state index in [1.165, 1.54) is 49.7 Å². The molecule has 0 fully saturated rings. The van der Waals surface area contributed by atoms with Crippen molar-refractivity contribution in [1.82, 2.24) is 15.0 Å². The zero-order chi connectivity index (χ0) is 44.6. The quantitative estimate of drug-likeness (QED) is 0.182. The van der Waals surface area contributed by atoms with Gasteiger partial charge in [-0.3, -0.25) is 4.98 Å². The minimum absolute atomic E-state index is 0.0266. The fourth-order valence-corrected chi connectivity index (χ4v) is 8.56. The van der Waals surface area contributed by atoms with Crippen molar-refractivity contribution in [2.75, 3.05) is 0 Å². The molecule has 0 saturated heterocycles. The van der Waals surface area contributed by atoms with E-state index in [2.05, 4.69) is 223 Å². The van der Waals surface area contributed by atoms with E-state index in [-0.39, 0.29) is 27.1 Å². The number of H-pyrrole nitrogens is 1. The molecule has 3 aromatic heterocycles. The number of aromatic amines is 1. The van der Waals surface area contributed by atoms with Gasteiger partial charge in [0.1, 0.15) is 0 Å². The van der Waals surface area contributed by atoms with Gasteiger partial charge in [0, 0.05) is 39.0 Å². The van der Waals surface area contributed by atoms with Gasteiger partial charge >= 0.3 is 0 Å². The van der Waals surface area contributed by atoms with Crippen molar-refractivity contribution in [3.63, 3.8) is 0 Å². The SMILES string of the molecule is CC(C)(C)c1cc(-c2cc(-c3cc(-c4ccccc4)cc(C(C)(C)c4ccccn4)c3)nc(-c3cc(C(C)(C)C)cc4c3[nH]c3ccc(C(C)(C)C)cc34)c2)cc(C(C)(C)C)c1. The fourth-order valence-electron chi connectivity index (χ4n) is 8.56. The lowest BCUT2D eigenvalue weighted by atomic mass is 9.78. The largest absolute Gasteiger partial charge is 0.354 e. The lowest BCUT2D eigenvalue weighted by Gasteiger charge is -2.27. The summed E-state index contributed by atoms with van der Waals surface area (Å²) in [6.07, 6.45) is 1.90. The highest BCUT2D eigenvalue weighted by atomic mass is 14.8. The van der Waals surface area contributed by atoms with Gasteiger partial charge in [0.05, 0.1) is 22.6 Å². The van der Waals surface area contributed by atoms with Crippen LogP contribution in [0.2, 0.25) is 0 Å². The first kappa shape index (κ1) is 42.9. The number of hydrogen-bond acceptors (Lipinski definition) is 2. The number of aromatic nitrogens is 3. The van der Waals surface area contributed by atoms with E-state index in [9.17, 15) is 0 Å². The van der Waals surface area contributed by atoms with Gasteiger partial charge in [-0.05, 0) is 132 Å². The monoisotopic (exact) mass is 816 g/mol. The molecule has 0 spiro atoms. The molecule has 3 nitrogen and oxygen atoms in total. The summed E-state index contributed by atoms with van der Waals surface area (Å²) in [5.74, 6) is 0. The maximum absolute atomic E-state index is 5.74. The first-order chi connectivity index (χ1) is 29.0. The van der Waals surface area contributed by atoms with Crippen LogP contribution in [0.4, 0.5) is 0 Å². The number of fused-ring (bicyclic) bond motifs is 3. The zero-order valence-corrected chi connectivity index (χ0v) is 39.6. The van der Waals surface area contributed by atoms with E-state index in [0.717, 1.165) is 50.4 Å². The second-order valence-corrected chi connectivity index (χ2v) is 22.3. The second kappa shape index (κ2) is 15.2. The molecule has 5 aromatic carbocycles. The van der Waals surface area contributed by atoms with Crippen molar-refractivity contribution in [2.24, 2.45) is 0 Å². The van der Waals surface area contributed by atoms with Gasteiger partial charge in [0.25, 0.3) is 0 Å². The molecular weight excluding hydrogens is 751 g/mol. The Hall–Kier alpha value is -5.80. The summed E-state index contributed by atoms with van der Waals surface area (Å²) in [5, 5.41) is 2.48. The van der Waals surface area contributed by atoms with Crippen molar-refractivity contribution >= 4 is 21.8 Å². The molecular formula is C59H65N3. The summed E-state index contributed by atoms with van der Waals surface area (Å²) in [5.41, 5.74) is 18.0. The lowest BCUT2D eigenvalue weighted by molar-refractivity contribution is 0.569. The molecule has 0 saturated carbocycles. The summed E-state index contributed by atoms with van der Waals surface area (Å²) in [7, 11) is 0. The Bertz CT molecular complexity index is 2900. The van der Waals surface area contributed by atoms with Gasteiger partial charge in [0.2, 0.25) is 0 Å². The van der Waals surface area contributed by atoms with E-state index in [1.54, 1.807) is 0 Å². The number of benzene rings is 5. The second-order valence-electron chi connectivity index (χ2n) is 22.3. The van der Waals surface area contributed by atoms with Crippen molar-refractivity contribution in [3.8, 4) is 44.8 Å². The van der Waals surface area contributed by atoms with Crippen LogP contribution in [0.5, 0.6) is 0 Å². The van der Waals surface area contributed by atoms with Gasteiger partial charge < -0.3 is 4.98 Å². The molecule has 1 N–H and O–H groups in total. The average molecular weight is 816 g/mol. The highest BCUT2D eigenvalue weighted by Gasteiger charge is 2.28. The van der Waals surface area contributed by atoms with E-state index >= 15 is 0 Å². The van der Waals surface area contributed by atoms with Crippen LogP contribution >= 0.6 is 0 Å². The molecule has 0 amide bonds. The van der Waals surface area contributed by atoms with Gasteiger partial charge in [-0.25, -0.2) is 4.98 Å². The van der Waals surface area contributed by atoms with Gasteiger partial charge in [-0.1, -0.05) is 164 Å². The molecule has 0 aliphatic rings. The minimum Gasteiger partial charge on any atom is -0.354 e. The third-order valence-electron chi connectivity index (χ3n) is 12.9. The molecule has 0 aliphatic heterocycles. The molecule has 3 heteroatoms. The van der Waals surface area contributed by atoms with Crippen molar-refractivity contribution in [3.05, 3.63) is 167 Å². The van der Waals surface area contributed by atoms with Crippen LogP contribution in [0.3, 0.4) is 0 Å². The molecule has 0 bridgehead atoms. The van der Waals surface area contributed by atoms with Crippen LogP contribution in [-0.4, -0.2) is 15.0 Å². The van der Waals surface area contributed by atoms with Crippen LogP contribution < -0.4 is 0 Å². The summed E-state index contributed by atoms with van der Waals surface area (Å²) in [6, 6.07) is 47.6. The van der Waals surface area contributed by atoms with Gasteiger partial charge in [-0.2, -0.15) is 0 Å². The Labute approximate surface area is 371 Å². The third kappa shape index (κ3) is 8.39. The first-order valence-electron chi connectivity index (χ1n) is 22.4. The molecule has 8 rings (SSSR count). The molecule has 3 heterocycles. The predicted octanol–water partition coefficient (Wildman–Crippen LogP) is 16.3. The standard InChI is InChI=1S/C59H65N3/c1-55(2,3)42-23-24-50-47(34-42)48-35-45(58(10,11)12)36-49(54(48)62-50)52-32-40(39-27-43(56(4,5)6)33-44(28-39)57(7,8)9)31-51(61-52)41-26-38(37-20-16-15-17-21-37)29-46(30-41)59(13,14)53-22-18-19-25-60-53/h15-36,62H,1-14H3. The first-order valence-corrected chi connectivity index (χ1v) is 22.4. The van der Waals surface area contributed by atoms with Crippen LogP contribution in [0.1, 0.15) is 130 Å². The molecule has 62 heavy (non-hydrogen) atoms. The summed E-state index contributed by atoms with van der Waals surface area (Å²) in [6.45, 7) is 32.3. The van der Waals surface area contributed by atoms with Crippen LogP contribution in [0.25, 0.3) is 66.6 Å². The molecule has 316 valence electrons. The van der Waals surface area contributed by atoms with Crippen molar-refractivity contribution in [2.45, 2.75) is 124 Å². The Balaban J connectivity index is 1.47. The Morgan fingerprint density at radius 2 is 0.919 bits per heavy atom. The van der Waals surface area contributed by atoms with E-state index < -0.39 is 0 Å². The van der Waals surface area contributed by atoms with Crippen molar-refractivity contribution < 1.29 is 0 Å². The van der Waals surface area contributed by atoms with Gasteiger partial charge in [0.15, 0.2) is 0 Å². The zero-order valence-electron chi connectivity index (χ0n) is 39.6. The maximum atomic E-state index is 5.74.